The molecule has 1 aromatic carbocycles. The maximum Gasteiger partial charge on any atom is 0.420 e. The number of hydrogen-bond donors (Lipinski definition) is 1. The first-order valence-corrected chi connectivity index (χ1v) is 8.26. The molecule has 1 aromatic rings. The van der Waals surface area contributed by atoms with Gasteiger partial charge >= 0.3 is 18.1 Å². The second-order valence-electron chi connectivity index (χ2n) is 7.42. The number of carboxylic acids is 1. The first-order chi connectivity index (χ1) is 12.4. The van der Waals surface area contributed by atoms with Crippen LogP contribution in [0.5, 0.6) is 5.75 Å². The molecular formula is C19H20F3NO4. The minimum atomic E-state index is -4.74. The fraction of sp³-hybridized carbons (Fsp3) is 0.474. The lowest BCUT2D eigenvalue weighted by atomic mass is 9.85. The smallest absolute Gasteiger partial charge is 0.420 e. The number of halogens is 3. The average molecular weight is 383 g/mol. The summed E-state index contributed by atoms with van der Waals surface area (Å²) in [5.41, 5.74) is -2.32. The molecule has 146 valence electrons. The highest BCUT2D eigenvalue weighted by molar-refractivity contribution is 6.09. The number of carbonyl (C=O) groups excluding carboxylic acids is 1. The summed E-state index contributed by atoms with van der Waals surface area (Å²) in [6, 6.07) is 1.55. The molecule has 1 aliphatic rings. The third-order valence-electron chi connectivity index (χ3n) is 4.02. The van der Waals surface area contributed by atoms with Crippen molar-refractivity contribution in [2.75, 3.05) is 4.90 Å². The van der Waals surface area contributed by atoms with Crippen LogP contribution >= 0.6 is 0 Å². The maximum absolute atomic E-state index is 13.5. The highest BCUT2D eigenvalue weighted by atomic mass is 19.4. The summed E-state index contributed by atoms with van der Waals surface area (Å²) >= 11 is 0. The lowest BCUT2D eigenvalue weighted by Gasteiger charge is -2.36. The van der Waals surface area contributed by atoms with Crippen LogP contribution in [0.15, 0.2) is 18.2 Å². The molecule has 0 saturated heterocycles. The molecule has 0 aliphatic heterocycles. The molecular weight excluding hydrogens is 363 g/mol. The molecule has 0 aromatic heterocycles. The van der Waals surface area contributed by atoms with Gasteiger partial charge in [0.1, 0.15) is 11.8 Å². The maximum atomic E-state index is 13.5. The molecule has 1 atom stereocenters. The first kappa shape index (κ1) is 20.6. The Morgan fingerprint density at radius 2 is 1.89 bits per heavy atom. The minimum absolute atomic E-state index is 0.254. The van der Waals surface area contributed by atoms with Gasteiger partial charge in [0.2, 0.25) is 0 Å². The molecule has 1 saturated carbocycles. The summed E-state index contributed by atoms with van der Waals surface area (Å²) in [6.07, 6.45) is 1.48. The third kappa shape index (κ3) is 4.73. The predicted octanol–water partition coefficient (Wildman–Crippen LogP) is 3.71. The number of hydrogen-bond acceptors (Lipinski definition) is 3. The molecule has 1 amide bonds. The average Bonchev–Trinajstić information content (AvgIpc) is 3.33. The van der Waals surface area contributed by atoms with Crippen LogP contribution in [0.4, 0.5) is 18.9 Å². The van der Waals surface area contributed by atoms with Crippen molar-refractivity contribution in [1.29, 1.82) is 0 Å². The highest BCUT2D eigenvalue weighted by Crippen LogP contribution is 2.42. The molecule has 0 radical (unpaired) electrons. The van der Waals surface area contributed by atoms with Crippen molar-refractivity contribution >= 4 is 17.6 Å². The van der Waals surface area contributed by atoms with Gasteiger partial charge in [0.05, 0.1) is 11.7 Å². The number of amides is 1. The largest absolute Gasteiger partial charge is 0.490 e. The van der Waals surface area contributed by atoms with Gasteiger partial charge in [-0.25, -0.2) is 4.79 Å². The summed E-state index contributed by atoms with van der Waals surface area (Å²) in [7, 11) is 0. The molecule has 1 aliphatic carbocycles. The summed E-state index contributed by atoms with van der Waals surface area (Å²) in [6.45, 7) is 4.66. The number of alkyl halides is 3. The van der Waals surface area contributed by atoms with E-state index in [9.17, 15) is 27.9 Å². The lowest BCUT2D eigenvalue weighted by Crippen LogP contribution is -2.52. The Morgan fingerprint density at radius 3 is 2.30 bits per heavy atom. The molecule has 1 N–H and O–H groups in total. The molecule has 2 rings (SSSR count). The number of terminal acetylenes is 1. The Labute approximate surface area is 155 Å². The Morgan fingerprint density at radius 1 is 1.30 bits per heavy atom. The van der Waals surface area contributed by atoms with Crippen LogP contribution in [0.2, 0.25) is 0 Å². The van der Waals surface area contributed by atoms with Gasteiger partial charge < -0.3 is 9.84 Å². The zero-order chi connectivity index (χ0) is 20.6. The molecule has 8 heteroatoms. The Bertz CT molecular complexity index is 786. The molecule has 0 bridgehead atoms. The van der Waals surface area contributed by atoms with Gasteiger partial charge in [0.25, 0.3) is 0 Å². The zero-order valence-corrected chi connectivity index (χ0v) is 15.1. The Hall–Kier alpha value is -2.69. The van der Waals surface area contributed by atoms with Crippen LogP contribution in [0, 0.1) is 17.8 Å². The Kier molecular flexibility index (Phi) is 5.45. The highest BCUT2D eigenvalue weighted by Gasteiger charge is 2.42. The van der Waals surface area contributed by atoms with Crippen molar-refractivity contribution < 1.29 is 32.6 Å². The van der Waals surface area contributed by atoms with Crippen LogP contribution in [-0.4, -0.2) is 29.1 Å². The quantitative estimate of drug-likeness (QED) is 0.787. The molecule has 1 unspecified atom stereocenters. The fourth-order valence-electron chi connectivity index (χ4n) is 2.68. The van der Waals surface area contributed by atoms with Crippen LogP contribution in [0.1, 0.15) is 39.2 Å². The van der Waals surface area contributed by atoms with Crippen molar-refractivity contribution in [3.8, 4) is 18.1 Å². The molecule has 0 heterocycles. The van der Waals surface area contributed by atoms with Gasteiger partial charge in [-0.1, -0.05) is 20.8 Å². The van der Waals surface area contributed by atoms with E-state index in [-0.39, 0.29) is 17.5 Å². The zero-order valence-electron chi connectivity index (χ0n) is 15.1. The summed E-state index contributed by atoms with van der Waals surface area (Å²) in [5, 5.41) is 9.59. The van der Waals surface area contributed by atoms with Crippen molar-refractivity contribution in [3.63, 3.8) is 0 Å². The van der Waals surface area contributed by atoms with E-state index in [1.165, 1.54) is 6.07 Å². The number of nitrogens with zero attached hydrogens (tertiary/aromatic N) is 1. The van der Waals surface area contributed by atoms with E-state index in [0.29, 0.717) is 23.8 Å². The second-order valence-corrected chi connectivity index (χ2v) is 7.42. The van der Waals surface area contributed by atoms with Gasteiger partial charge in [0.15, 0.2) is 0 Å². The van der Waals surface area contributed by atoms with Gasteiger partial charge in [-0.3, -0.25) is 9.69 Å². The molecule has 1 fully saturated rings. The van der Waals surface area contributed by atoms with E-state index < -0.39 is 35.1 Å². The van der Waals surface area contributed by atoms with Crippen LogP contribution in [-0.2, 0) is 15.8 Å². The number of benzene rings is 1. The molecule has 27 heavy (non-hydrogen) atoms. The van der Waals surface area contributed by atoms with E-state index in [2.05, 4.69) is 0 Å². The van der Waals surface area contributed by atoms with Crippen molar-refractivity contribution in [2.24, 2.45) is 5.41 Å². The summed E-state index contributed by atoms with van der Waals surface area (Å²) < 4.78 is 45.8. The standard InChI is InChI=1S/C19H20F3NO4/c1-5-15(24)23(16(17(25)26)18(2,3)4)11-6-9-14(27-12-7-8-12)13(10-11)19(20,21)22/h1,6,9-10,12,16H,7-8H2,2-4H3,(H,25,26). The predicted molar refractivity (Wildman–Crippen MR) is 92.3 cm³/mol. The van der Waals surface area contributed by atoms with Gasteiger partial charge in [-0.15, -0.1) is 6.42 Å². The normalized spacial score (nSPS) is 15.6. The summed E-state index contributed by atoms with van der Waals surface area (Å²) in [5.74, 6) is -0.977. The van der Waals surface area contributed by atoms with E-state index in [1.54, 1.807) is 26.7 Å². The molecule has 0 spiro atoms. The summed E-state index contributed by atoms with van der Waals surface area (Å²) in [4.78, 5) is 24.7. The van der Waals surface area contributed by atoms with E-state index in [4.69, 9.17) is 11.2 Å². The Balaban J connectivity index is 2.60. The van der Waals surface area contributed by atoms with Crippen molar-refractivity contribution in [3.05, 3.63) is 23.8 Å². The van der Waals surface area contributed by atoms with Crippen molar-refractivity contribution in [1.82, 2.24) is 0 Å². The molecule has 5 nitrogen and oxygen atoms in total. The second kappa shape index (κ2) is 7.14. The van der Waals surface area contributed by atoms with E-state index in [0.717, 1.165) is 6.07 Å². The fourth-order valence-corrected chi connectivity index (χ4v) is 2.68. The van der Waals surface area contributed by atoms with E-state index in [1.807, 2.05) is 0 Å². The number of carbonyl (C=O) groups is 2. The van der Waals surface area contributed by atoms with Crippen molar-refractivity contribution in [2.45, 2.75) is 51.9 Å². The number of carboxylic acid groups (broad SMARTS) is 1. The van der Waals surface area contributed by atoms with E-state index >= 15 is 0 Å². The van der Waals surface area contributed by atoms with Crippen LogP contribution < -0.4 is 9.64 Å². The number of rotatable bonds is 5. The SMILES string of the molecule is C#CC(=O)N(c1ccc(OC2CC2)c(C(F)(F)F)c1)C(C(=O)O)C(C)(C)C. The van der Waals surface area contributed by atoms with Crippen LogP contribution in [0.3, 0.4) is 0 Å². The lowest BCUT2D eigenvalue weighted by molar-refractivity contribution is -0.142. The number of anilines is 1. The third-order valence-corrected chi connectivity index (χ3v) is 4.02. The van der Waals surface area contributed by atoms with Crippen LogP contribution in [0.25, 0.3) is 0 Å². The van der Waals surface area contributed by atoms with Gasteiger partial charge in [-0.05, 0) is 42.4 Å². The number of ether oxygens (including phenoxy) is 1. The monoisotopic (exact) mass is 383 g/mol. The first-order valence-electron chi connectivity index (χ1n) is 8.26. The topological polar surface area (TPSA) is 66.8 Å². The minimum Gasteiger partial charge on any atom is -0.490 e. The van der Waals surface area contributed by atoms with Gasteiger partial charge in [0, 0.05) is 5.69 Å². The number of aliphatic carboxylic acids is 1. The van der Waals surface area contributed by atoms with Gasteiger partial charge in [-0.2, -0.15) is 13.2 Å².